The van der Waals surface area contributed by atoms with Gasteiger partial charge in [0.15, 0.2) is 11.6 Å². The number of hydrogen-bond donors (Lipinski definition) is 2. The molecule has 0 aromatic rings. The van der Waals surface area contributed by atoms with E-state index in [2.05, 4.69) is 0 Å². The summed E-state index contributed by atoms with van der Waals surface area (Å²) in [7, 11) is 0. The molecule has 0 aliphatic rings. The first-order chi connectivity index (χ1) is 8.67. The number of aliphatic hydroxyl groups is 2. The maximum Gasteiger partial charge on any atom is 0.448 e. The van der Waals surface area contributed by atoms with Gasteiger partial charge in [0.25, 0.3) is 0 Å². The summed E-state index contributed by atoms with van der Waals surface area (Å²) in [5.41, 5.74) is 0. The van der Waals surface area contributed by atoms with E-state index in [4.69, 9.17) is 10.2 Å². The van der Waals surface area contributed by atoms with Crippen LogP contribution in [0.15, 0.2) is 23.7 Å². The van der Waals surface area contributed by atoms with Gasteiger partial charge in [0.05, 0.1) is 0 Å². The van der Waals surface area contributed by atoms with E-state index in [1.165, 1.54) is 0 Å². The Balaban J connectivity index is -0.000000295. The van der Waals surface area contributed by atoms with Crippen LogP contribution in [0, 0.1) is 0 Å². The molecule has 0 radical (unpaired) electrons. The number of ketones is 2. The normalized spacial score (nSPS) is 12.8. The molecule has 0 fully saturated rings. The number of rotatable bonds is 2. The van der Waals surface area contributed by atoms with E-state index in [0.717, 1.165) is 13.8 Å². The van der Waals surface area contributed by atoms with Crippen LogP contribution in [0.3, 0.4) is 0 Å². The van der Waals surface area contributed by atoms with Gasteiger partial charge in [-0.2, -0.15) is 26.3 Å². The zero-order chi connectivity index (χ0) is 16.7. The molecule has 0 saturated carbocycles. The number of carbonyl (C=O) groups excluding carboxylic acids is 2. The van der Waals surface area contributed by atoms with Crippen molar-refractivity contribution in [1.29, 1.82) is 0 Å². The molecule has 0 heterocycles. The monoisotopic (exact) mass is 414 g/mol. The Bertz CT molecular complexity index is 382. The zero-order valence-electron chi connectivity index (χ0n) is 10.4. The Morgan fingerprint density at radius 1 is 0.762 bits per heavy atom. The second-order valence-electron chi connectivity index (χ2n) is 3.28. The average molecular weight is 415 g/mol. The molecule has 0 bridgehead atoms. The SMILES string of the molecule is CC(=O)/C=C(\O)C(F)(F)F.CC(=O)/C=C(\O)C(F)(F)F.[Pd]. The Morgan fingerprint density at radius 2 is 0.952 bits per heavy atom. The summed E-state index contributed by atoms with van der Waals surface area (Å²) in [5.74, 6) is -5.40. The molecule has 126 valence electrons. The number of allylic oxidation sites excluding steroid dienone is 4. The molecule has 21 heavy (non-hydrogen) atoms. The fourth-order valence-corrected chi connectivity index (χ4v) is 0.549. The van der Waals surface area contributed by atoms with Gasteiger partial charge in [0.2, 0.25) is 11.5 Å². The maximum absolute atomic E-state index is 11.3. The van der Waals surface area contributed by atoms with Crippen molar-refractivity contribution in [2.75, 3.05) is 0 Å². The minimum atomic E-state index is -4.81. The topological polar surface area (TPSA) is 74.6 Å². The molecule has 0 saturated heterocycles. The minimum Gasteiger partial charge on any atom is -0.504 e. The fourth-order valence-electron chi connectivity index (χ4n) is 0.549. The summed E-state index contributed by atoms with van der Waals surface area (Å²) in [6.45, 7) is 1.84. The van der Waals surface area contributed by atoms with Gasteiger partial charge < -0.3 is 10.2 Å². The maximum atomic E-state index is 11.3. The molecular weight excluding hydrogens is 405 g/mol. The largest absolute Gasteiger partial charge is 0.504 e. The van der Waals surface area contributed by atoms with E-state index in [9.17, 15) is 35.9 Å². The van der Waals surface area contributed by atoms with Crippen LogP contribution in [-0.2, 0) is 30.0 Å². The van der Waals surface area contributed by atoms with Gasteiger partial charge in [-0.05, 0) is 13.8 Å². The Morgan fingerprint density at radius 3 is 1.00 bits per heavy atom. The molecule has 0 aliphatic heterocycles. The molecule has 0 unspecified atom stereocenters. The quantitative estimate of drug-likeness (QED) is 0.315. The first-order valence-electron chi connectivity index (χ1n) is 4.64. The summed E-state index contributed by atoms with van der Waals surface area (Å²) in [5, 5.41) is 16.1. The molecule has 0 rings (SSSR count). The summed E-state index contributed by atoms with van der Waals surface area (Å²) in [6.07, 6.45) is -9.38. The Kier molecular flexibility index (Phi) is 11.2. The van der Waals surface area contributed by atoms with E-state index in [1.54, 1.807) is 0 Å². The van der Waals surface area contributed by atoms with Gasteiger partial charge in [0.1, 0.15) is 0 Å². The van der Waals surface area contributed by atoms with Crippen molar-refractivity contribution in [2.45, 2.75) is 26.2 Å². The van der Waals surface area contributed by atoms with Crippen LogP contribution in [0.2, 0.25) is 0 Å². The predicted molar refractivity (Wildman–Crippen MR) is 54.9 cm³/mol. The Labute approximate surface area is 128 Å². The molecule has 0 spiro atoms. The smallest absolute Gasteiger partial charge is 0.448 e. The standard InChI is InChI=1S/2C5H5F3O2.Pd/c2*1-3(9)2-4(10)5(6,7)8;/h2*2,10H,1H3;/b2*4-2-;. The molecule has 0 aromatic heterocycles. The third-order valence-electron chi connectivity index (χ3n) is 1.26. The number of carbonyl (C=O) groups is 2. The van der Waals surface area contributed by atoms with Crippen LogP contribution >= 0.6 is 0 Å². The van der Waals surface area contributed by atoms with Gasteiger partial charge >= 0.3 is 12.4 Å². The zero-order valence-corrected chi connectivity index (χ0v) is 12.0. The average Bonchev–Trinajstić information content (AvgIpc) is 2.13. The Hall–Kier alpha value is -1.34. The van der Waals surface area contributed by atoms with Crippen LogP contribution in [0.1, 0.15) is 13.8 Å². The molecular formula is C10H10F6O4Pd. The van der Waals surface area contributed by atoms with E-state index in [0.29, 0.717) is 0 Å². The fraction of sp³-hybridized carbons (Fsp3) is 0.400. The molecule has 2 N–H and O–H groups in total. The predicted octanol–water partition coefficient (Wildman–Crippen LogP) is 3.16. The molecule has 11 heteroatoms. The molecule has 4 nitrogen and oxygen atoms in total. The van der Waals surface area contributed by atoms with E-state index >= 15 is 0 Å². The van der Waals surface area contributed by atoms with Gasteiger partial charge in [-0.25, -0.2) is 0 Å². The summed E-state index contributed by atoms with van der Waals surface area (Å²) in [4.78, 5) is 19.9. The van der Waals surface area contributed by atoms with Gasteiger partial charge in [0, 0.05) is 32.6 Å². The molecule has 0 aliphatic carbocycles. The van der Waals surface area contributed by atoms with Crippen molar-refractivity contribution in [1.82, 2.24) is 0 Å². The van der Waals surface area contributed by atoms with Crippen LogP contribution < -0.4 is 0 Å². The minimum absolute atomic E-state index is 0. The second-order valence-corrected chi connectivity index (χ2v) is 3.28. The van der Waals surface area contributed by atoms with Crippen LogP contribution in [0.5, 0.6) is 0 Å². The third-order valence-corrected chi connectivity index (χ3v) is 1.26. The number of aliphatic hydroxyl groups excluding tert-OH is 2. The second kappa shape index (κ2) is 9.57. The van der Waals surface area contributed by atoms with Crippen molar-refractivity contribution in [3.05, 3.63) is 23.7 Å². The number of alkyl halides is 6. The van der Waals surface area contributed by atoms with Crippen LogP contribution in [0.25, 0.3) is 0 Å². The number of halogens is 6. The molecule has 0 amide bonds. The van der Waals surface area contributed by atoms with E-state index < -0.39 is 35.4 Å². The third kappa shape index (κ3) is 14.9. The first kappa shape index (κ1) is 24.7. The van der Waals surface area contributed by atoms with Crippen molar-refractivity contribution >= 4 is 11.6 Å². The van der Waals surface area contributed by atoms with Gasteiger partial charge in [-0.3, -0.25) is 9.59 Å². The van der Waals surface area contributed by atoms with E-state index in [-0.39, 0.29) is 32.6 Å². The van der Waals surface area contributed by atoms with E-state index in [1.807, 2.05) is 0 Å². The summed E-state index contributed by atoms with van der Waals surface area (Å²) in [6, 6.07) is 0. The number of hydrogen-bond acceptors (Lipinski definition) is 4. The van der Waals surface area contributed by atoms with Crippen molar-refractivity contribution in [2.24, 2.45) is 0 Å². The van der Waals surface area contributed by atoms with Gasteiger partial charge in [-0.1, -0.05) is 0 Å². The summed E-state index contributed by atoms with van der Waals surface area (Å²) >= 11 is 0. The van der Waals surface area contributed by atoms with Crippen LogP contribution in [0.4, 0.5) is 26.3 Å². The van der Waals surface area contributed by atoms with Crippen LogP contribution in [-0.4, -0.2) is 34.1 Å². The first-order valence-corrected chi connectivity index (χ1v) is 4.64. The summed E-state index contributed by atoms with van der Waals surface area (Å²) < 4.78 is 68.0. The van der Waals surface area contributed by atoms with Crippen molar-refractivity contribution in [3.8, 4) is 0 Å². The van der Waals surface area contributed by atoms with Crippen molar-refractivity contribution < 1.29 is 66.6 Å². The van der Waals surface area contributed by atoms with Gasteiger partial charge in [-0.15, -0.1) is 0 Å². The van der Waals surface area contributed by atoms with Crippen molar-refractivity contribution in [3.63, 3.8) is 0 Å². The molecule has 0 atom stereocenters. The molecule has 0 aromatic carbocycles.